The maximum absolute atomic E-state index is 12.6. The summed E-state index contributed by atoms with van der Waals surface area (Å²) in [6.07, 6.45) is 0. The zero-order chi connectivity index (χ0) is 19.4. The average Bonchev–Trinajstić information content (AvgIpc) is 3.01. The van der Waals surface area contributed by atoms with E-state index < -0.39 is 9.84 Å². The number of amides is 1. The number of aromatic nitrogens is 2. The molecule has 3 rings (SSSR count). The minimum absolute atomic E-state index is 0.0243. The van der Waals surface area contributed by atoms with E-state index in [0.29, 0.717) is 17.9 Å². The summed E-state index contributed by atoms with van der Waals surface area (Å²) in [5, 5.41) is 7.28. The van der Waals surface area contributed by atoms with Crippen LogP contribution in [0.3, 0.4) is 0 Å². The van der Waals surface area contributed by atoms with E-state index in [1.807, 2.05) is 37.3 Å². The molecule has 3 aromatic rings. The van der Waals surface area contributed by atoms with Gasteiger partial charge in [0, 0.05) is 11.6 Å². The standard InChI is InChI=1S/C20H21N3O3S/c1-3-27(25,26)18-11-9-17(10-12-18)20(24)21-19-13-15(2)22-23(19)14-16-7-5-4-6-8-16/h4-13H,3,14H2,1-2H3,(H,21,24). The number of hydrogen-bond donors (Lipinski definition) is 1. The minimum Gasteiger partial charge on any atom is -0.307 e. The fraction of sp³-hybridized carbons (Fsp3) is 0.200. The summed E-state index contributed by atoms with van der Waals surface area (Å²) < 4.78 is 25.5. The van der Waals surface area contributed by atoms with Gasteiger partial charge in [-0.05, 0) is 36.8 Å². The fourth-order valence-corrected chi connectivity index (χ4v) is 3.58. The summed E-state index contributed by atoms with van der Waals surface area (Å²) in [7, 11) is -3.28. The monoisotopic (exact) mass is 383 g/mol. The summed E-state index contributed by atoms with van der Waals surface area (Å²) in [5.74, 6) is 0.299. The number of anilines is 1. The molecule has 140 valence electrons. The van der Waals surface area contributed by atoms with Crippen LogP contribution in [0.25, 0.3) is 0 Å². The zero-order valence-corrected chi connectivity index (χ0v) is 16.0. The summed E-state index contributed by atoms with van der Waals surface area (Å²) in [6.45, 7) is 3.99. The Hall–Kier alpha value is -2.93. The van der Waals surface area contributed by atoms with Crippen LogP contribution >= 0.6 is 0 Å². The predicted molar refractivity (Wildman–Crippen MR) is 105 cm³/mol. The lowest BCUT2D eigenvalue weighted by atomic mass is 10.2. The van der Waals surface area contributed by atoms with Crippen LogP contribution in [0.5, 0.6) is 0 Å². The van der Waals surface area contributed by atoms with E-state index in [2.05, 4.69) is 10.4 Å². The molecule has 0 fully saturated rings. The topological polar surface area (TPSA) is 81.1 Å². The molecule has 0 aliphatic carbocycles. The second kappa shape index (κ2) is 7.75. The average molecular weight is 383 g/mol. The van der Waals surface area contributed by atoms with Gasteiger partial charge in [-0.25, -0.2) is 13.1 Å². The number of carbonyl (C=O) groups excluding carboxylic acids is 1. The van der Waals surface area contributed by atoms with E-state index >= 15 is 0 Å². The first-order valence-electron chi connectivity index (χ1n) is 8.61. The molecule has 6 nitrogen and oxygen atoms in total. The van der Waals surface area contributed by atoms with Gasteiger partial charge in [0.2, 0.25) is 0 Å². The molecule has 0 aliphatic heterocycles. The van der Waals surface area contributed by atoms with Gasteiger partial charge in [-0.3, -0.25) is 4.79 Å². The molecular weight excluding hydrogens is 362 g/mol. The summed E-state index contributed by atoms with van der Waals surface area (Å²) in [5.41, 5.74) is 2.26. The quantitative estimate of drug-likeness (QED) is 0.708. The third-order valence-corrected chi connectivity index (χ3v) is 5.93. The first kappa shape index (κ1) is 18.8. The molecule has 1 amide bonds. The Balaban J connectivity index is 1.78. The Morgan fingerprint density at radius 1 is 1.07 bits per heavy atom. The van der Waals surface area contributed by atoms with Gasteiger partial charge < -0.3 is 5.32 Å². The Morgan fingerprint density at radius 3 is 2.37 bits per heavy atom. The molecule has 2 aromatic carbocycles. The van der Waals surface area contributed by atoms with Gasteiger partial charge in [0.1, 0.15) is 5.82 Å². The van der Waals surface area contributed by atoms with Crippen LogP contribution in [-0.2, 0) is 16.4 Å². The summed E-state index contributed by atoms with van der Waals surface area (Å²) in [4.78, 5) is 12.8. The Morgan fingerprint density at radius 2 is 1.74 bits per heavy atom. The minimum atomic E-state index is -3.28. The van der Waals surface area contributed by atoms with Crippen LogP contribution < -0.4 is 5.32 Å². The van der Waals surface area contributed by atoms with Crippen LogP contribution in [0.2, 0.25) is 0 Å². The fourth-order valence-electron chi connectivity index (χ4n) is 2.69. The van der Waals surface area contributed by atoms with Gasteiger partial charge in [0.25, 0.3) is 5.91 Å². The van der Waals surface area contributed by atoms with Gasteiger partial charge >= 0.3 is 0 Å². The largest absolute Gasteiger partial charge is 0.307 e. The zero-order valence-electron chi connectivity index (χ0n) is 15.2. The number of nitrogens with zero attached hydrogens (tertiary/aromatic N) is 2. The van der Waals surface area contributed by atoms with E-state index in [9.17, 15) is 13.2 Å². The number of carbonyl (C=O) groups is 1. The molecule has 0 saturated carbocycles. The first-order valence-corrected chi connectivity index (χ1v) is 10.3. The molecule has 1 aromatic heterocycles. The third kappa shape index (κ3) is 4.43. The molecule has 0 bridgehead atoms. The van der Waals surface area contributed by atoms with Crippen molar-refractivity contribution in [3.8, 4) is 0 Å². The number of rotatable bonds is 6. The third-order valence-electron chi connectivity index (χ3n) is 4.17. The molecule has 0 unspecified atom stereocenters. The molecule has 1 heterocycles. The van der Waals surface area contributed by atoms with Crippen molar-refractivity contribution >= 4 is 21.6 Å². The lowest BCUT2D eigenvalue weighted by Gasteiger charge is -2.09. The van der Waals surface area contributed by atoms with Gasteiger partial charge in [0.05, 0.1) is 22.9 Å². The summed E-state index contributed by atoms with van der Waals surface area (Å²) >= 11 is 0. The van der Waals surface area contributed by atoms with Crippen molar-refractivity contribution in [2.45, 2.75) is 25.3 Å². The first-order chi connectivity index (χ1) is 12.9. The lowest BCUT2D eigenvalue weighted by Crippen LogP contribution is -2.16. The molecule has 0 atom stereocenters. The van der Waals surface area contributed by atoms with Crippen molar-refractivity contribution in [2.24, 2.45) is 0 Å². The van der Waals surface area contributed by atoms with Gasteiger partial charge in [0.15, 0.2) is 9.84 Å². The molecule has 7 heteroatoms. The van der Waals surface area contributed by atoms with E-state index in [4.69, 9.17) is 0 Å². The molecule has 27 heavy (non-hydrogen) atoms. The maximum Gasteiger partial charge on any atom is 0.256 e. The van der Waals surface area contributed by atoms with E-state index in [1.54, 1.807) is 17.7 Å². The van der Waals surface area contributed by atoms with Crippen molar-refractivity contribution < 1.29 is 13.2 Å². The highest BCUT2D eigenvalue weighted by Crippen LogP contribution is 2.16. The van der Waals surface area contributed by atoms with Crippen LogP contribution in [0.15, 0.2) is 65.6 Å². The van der Waals surface area contributed by atoms with Crippen molar-refractivity contribution in [3.63, 3.8) is 0 Å². The van der Waals surface area contributed by atoms with Gasteiger partial charge in [-0.15, -0.1) is 0 Å². The van der Waals surface area contributed by atoms with E-state index in [0.717, 1.165) is 11.3 Å². The van der Waals surface area contributed by atoms with E-state index in [-0.39, 0.29) is 16.6 Å². The Kier molecular flexibility index (Phi) is 5.41. The van der Waals surface area contributed by atoms with E-state index in [1.165, 1.54) is 24.3 Å². The molecular formula is C20H21N3O3S. The highest BCUT2D eigenvalue weighted by atomic mass is 32.2. The summed E-state index contributed by atoms with van der Waals surface area (Å²) in [6, 6.07) is 17.6. The van der Waals surface area contributed by atoms with Gasteiger partial charge in [-0.1, -0.05) is 37.3 Å². The molecule has 0 aliphatic rings. The number of aryl methyl sites for hydroxylation is 1. The van der Waals surface area contributed by atoms with Crippen molar-refractivity contribution in [1.82, 2.24) is 9.78 Å². The van der Waals surface area contributed by atoms with Crippen LogP contribution in [-0.4, -0.2) is 29.9 Å². The van der Waals surface area contributed by atoms with Crippen LogP contribution in [0.1, 0.15) is 28.5 Å². The van der Waals surface area contributed by atoms with Crippen LogP contribution in [0.4, 0.5) is 5.82 Å². The van der Waals surface area contributed by atoms with Crippen molar-refractivity contribution in [3.05, 3.63) is 77.5 Å². The predicted octanol–water partition coefficient (Wildman–Crippen LogP) is 3.29. The smallest absolute Gasteiger partial charge is 0.256 e. The normalized spacial score (nSPS) is 11.3. The number of sulfone groups is 1. The SMILES string of the molecule is CCS(=O)(=O)c1ccc(C(=O)Nc2cc(C)nn2Cc2ccccc2)cc1. The maximum atomic E-state index is 12.6. The molecule has 0 spiro atoms. The molecule has 1 N–H and O–H groups in total. The second-order valence-corrected chi connectivity index (χ2v) is 8.47. The number of benzene rings is 2. The van der Waals surface area contributed by atoms with Gasteiger partial charge in [-0.2, -0.15) is 5.10 Å². The Labute approximate surface area is 158 Å². The molecule has 0 radical (unpaired) electrons. The second-order valence-electron chi connectivity index (χ2n) is 6.20. The molecule has 0 saturated heterocycles. The van der Waals surface area contributed by atoms with Crippen molar-refractivity contribution in [1.29, 1.82) is 0 Å². The van der Waals surface area contributed by atoms with Crippen molar-refractivity contribution in [2.75, 3.05) is 11.1 Å². The Bertz CT molecular complexity index is 1040. The van der Waals surface area contributed by atoms with Crippen LogP contribution in [0, 0.1) is 6.92 Å². The highest BCUT2D eigenvalue weighted by Gasteiger charge is 2.14. The number of nitrogens with one attached hydrogen (secondary N) is 1. The number of hydrogen-bond acceptors (Lipinski definition) is 4. The highest BCUT2D eigenvalue weighted by molar-refractivity contribution is 7.91. The lowest BCUT2D eigenvalue weighted by molar-refractivity contribution is 0.102.